The number of amides is 1. The van der Waals surface area contributed by atoms with Gasteiger partial charge in [0.05, 0.1) is 19.8 Å². The molecule has 2 aliphatic heterocycles. The highest BCUT2D eigenvalue weighted by molar-refractivity contribution is 5.78. The van der Waals surface area contributed by atoms with Crippen molar-refractivity contribution in [3.05, 3.63) is 12.2 Å². The molecular formula is C15H26N2O3. The Kier molecular flexibility index (Phi) is 5.18. The third-order valence-electron chi connectivity index (χ3n) is 3.99. The molecule has 1 amide bonds. The number of ether oxygens (including phenoxy) is 2. The Morgan fingerprint density at radius 3 is 2.40 bits per heavy atom. The molecule has 2 aliphatic rings. The lowest BCUT2D eigenvalue weighted by molar-refractivity contribution is -0.186. The van der Waals surface area contributed by atoms with Crippen LogP contribution in [0.15, 0.2) is 12.2 Å². The number of rotatable bonds is 5. The Morgan fingerprint density at radius 1 is 1.30 bits per heavy atom. The average Bonchev–Trinajstić information content (AvgIpc) is 2.87. The maximum atomic E-state index is 12.3. The topological polar surface area (TPSA) is 42.0 Å². The van der Waals surface area contributed by atoms with E-state index in [4.69, 9.17) is 9.47 Å². The van der Waals surface area contributed by atoms with Gasteiger partial charge < -0.3 is 14.4 Å². The highest BCUT2D eigenvalue weighted by atomic mass is 16.7. The van der Waals surface area contributed by atoms with Crippen LogP contribution in [-0.2, 0) is 14.3 Å². The largest absolute Gasteiger partial charge is 0.347 e. The first-order valence-corrected chi connectivity index (χ1v) is 7.47. The second-order valence-corrected chi connectivity index (χ2v) is 5.75. The molecule has 0 atom stereocenters. The fourth-order valence-corrected chi connectivity index (χ4v) is 2.83. The van der Waals surface area contributed by atoms with Crippen LogP contribution >= 0.6 is 0 Å². The molecule has 2 heterocycles. The van der Waals surface area contributed by atoms with Gasteiger partial charge in [-0.1, -0.05) is 12.2 Å². The van der Waals surface area contributed by atoms with Crippen molar-refractivity contribution in [2.45, 2.75) is 32.5 Å². The first-order valence-electron chi connectivity index (χ1n) is 7.47. The molecule has 0 aliphatic carbocycles. The quantitative estimate of drug-likeness (QED) is 0.712. The van der Waals surface area contributed by atoms with Gasteiger partial charge in [0.15, 0.2) is 5.79 Å². The van der Waals surface area contributed by atoms with Crippen LogP contribution in [0.1, 0.15) is 26.7 Å². The number of hydrogen-bond acceptors (Lipinski definition) is 4. The van der Waals surface area contributed by atoms with Gasteiger partial charge in [-0.15, -0.1) is 0 Å². The maximum absolute atomic E-state index is 12.3. The van der Waals surface area contributed by atoms with Crippen molar-refractivity contribution < 1.29 is 14.3 Å². The molecule has 2 fully saturated rings. The third kappa shape index (κ3) is 3.81. The number of likely N-dealkylation sites (N-methyl/N-ethyl adjacent to an activating group) is 1. The zero-order chi connectivity index (χ0) is 14.6. The fourth-order valence-electron chi connectivity index (χ4n) is 2.83. The minimum Gasteiger partial charge on any atom is -0.347 e. The molecule has 0 aromatic heterocycles. The van der Waals surface area contributed by atoms with Gasteiger partial charge in [0, 0.05) is 39.0 Å². The molecule has 0 unspecified atom stereocenters. The lowest BCUT2D eigenvalue weighted by Gasteiger charge is -2.37. The van der Waals surface area contributed by atoms with Crippen LogP contribution in [0.4, 0.5) is 0 Å². The molecule has 114 valence electrons. The standard InChI is InChI=1S/C15H26N2O3/c1-4-17(11-13(2)3)14(18)12-16-7-5-15(6-8-16)19-9-10-20-15/h2,4-12H2,1,3H3. The first-order chi connectivity index (χ1) is 9.54. The van der Waals surface area contributed by atoms with Crippen molar-refractivity contribution in [1.29, 1.82) is 0 Å². The van der Waals surface area contributed by atoms with Gasteiger partial charge in [-0.3, -0.25) is 9.69 Å². The summed E-state index contributed by atoms with van der Waals surface area (Å²) in [5.74, 6) is -0.179. The van der Waals surface area contributed by atoms with Crippen LogP contribution in [0, 0.1) is 0 Å². The Morgan fingerprint density at radius 2 is 1.90 bits per heavy atom. The van der Waals surface area contributed by atoms with Gasteiger partial charge in [-0.2, -0.15) is 0 Å². The Bertz CT molecular complexity index is 354. The lowest BCUT2D eigenvalue weighted by atomic mass is 10.0. The first kappa shape index (κ1) is 15.5. The molecule has 0 bridgehead atoms. The molecule has 0 saturated carbocycles. The van der Waals surface area contributed by atoms with Crippen molar-refractivity contribution in [3.63, 3.8) is 0 Å². The van der Waals surface area contributed by atoms with Crippen molar-refractivity contribution in [2.75, 3.05) is 45.9 Å². The summed E-state index contributed by atoms with van der Waals surface area (Å²) in [6, 6.07) is 0. The normalized spacial score (nSPS) is 22.1. The van der Waals surface area contributed by atoms with E-state index in [0.717, 1.165) is 38.0 Å². The van der Waals surface area contributed by atoms with Crippen molar-refractivity contribution in [2.24, 2.45) is 0 Å². The van der Waals surface area contributed by atoms with Crippen molar-refractivity contribution in [3.8, 4) is 0 Å². The summed E-state index contributed by atoms with van der Waals surface area (Å²) in [5, 5.41) is 0. The summed E-state index contributed by atoms with van der Waals surface area (Å²) >= 11 is 0. The third-order valence-corrected chi connectivity index (χ3v) is 3.99. The molecule has 0 radical (unpaired) electrons. The Balaban J connectivity index is 1.79. The van der Waals surface area contributed by atoms with Crippen LogP contribution < -0.4 is 0 Å². The molecule has 0 aromatic rings. The van der Waals surface area contributed by atoms with Crippen molar-refractivity contribution in [1.82, 2.24) is 9.80 Å². The molecule has 2 saturated heterocycles. The maximum Gasteiger partial charge on any atom is 0.237 e. The van der Waals surface area contributed by atoms with Gasteiger partial charge in [0.25, 0.3) is 0 Å². The van der Waals surface area contributed by atoms with Gasteiger partial charge in [-0.25, -0.2) is 0 Å². The van der Waals surface area contributed by atoms with E-state index < -0.39 is 0 Å². The molecule has 0 aromatic carbocycles. The molecule has 0 N–H and O–H groups in total. The Labute approximate surface area is 121 Å². The van der Waals surface area contributed by atoms with E-state index in [1.165, 1.54) is 0 Å². The van der Waals surface area contributed by atoms with Gasteiger partial charge in [0.1, 0.15) is 0 Å². The number of hydrogen-bond donors (Lipinski definition) is 0. The zero-order valence-corrected chi connectivity index (χ0v) is 12.7. The number of likely N-dealkylation sites (tertiary alicyclic amines) is 1. The number of carbonyl (C=O) groups excluding carboxylic acids is 1. The predicted octanol–water partition coefficient (Wildman–Crippen LogP) is 1.25. The van der Waals surface area contributed by atoms with Gasteiger partial charge in [-0.05, 0) is 13.8 Å². The molecule has 2 rings (SSSR count). The van der Waals surface area contributed by atoms with Gasteiger partial charge >= 0.3 is 0 Å². The fraction of sp³-hybridized carbons (Fsp3) is 0.800. The molecular weight excluding hydrogens is 256 g/mol. The van der Waals surface area contributed by atoms with E-state index >= 15 is 0 Å². The van der Waals surface area contributed by atoms with E-state index in [1.54, 1.807) is 0 Å². The molecule has 5 heteroatoms. The van der Waals surface area contributed by atoms with E-state index in [-0.39, 0.29) is 11.7 Å². The summed E-state index contributed by atoms with van der Waals surface area (Å²) < 4.78 is 11.4. The van der Waals surface area contributed by atoms with E-state index in [2.05, 4.69) is 11.5 Å². The highest BCUT2D eigenvalue weighted by Gasteiger charge is 2.40. The summed E-state index contributed by atoms with van der Waals surface area (Å²) in [4.78, 5) is 16.3. The smallest absolute Gasteiger partial charge is 0.237 e. The van der Waals surface area contributed by atoms with Crippen LogP contribution in [0.2, 0.25) is 0 Å². The van der Waals surface area contributed by atoms with E-state index in [1.807, 2.05) is 18.7 Å². The van der Waals surface area contributed by atoms with Crippen LogP contribution in [0.3, 0.4) is 0 Å². The number of nitrogens with zero attached hydrogens (tertiary/aromatic N) is 2. The molecule has 1 spiro atoms. The minimum absolute atomic E-state index is 0.180. The predicted molar refractivity (Wildman–Crippen MR) is 77.4 cm³/mol. The average molecular weight is 282 g/mol. The second-order valence-electron chi connectivity index (χ2n) is 5.75. The summed E-state index contributed by atoms with van der Waals surface area (Å²) in [7, 11) is 0. The SMILES string of the molecule is C=C(C)CN(CC)C(=O)CN1CCC2(CC1)OCCO2. The summed E-state index contributed by atoms with van der Waals surface area (Å²) in [6.45, 7) is 12.8. The number of piperidine rings is 1. The minimum atomic E-state index is -0.359. The van der Waals surface area contributed by atoms with Crippen LogP contribution in [0.25, 0.3) is 0 Å². The second kappa shape index (κ2) is 6.70. The van der Waals surface area contributed by atoms with Crippen LogP contribution in [0.5, 0.6) is 0 Å². The number of carbonyl (C=O) groups is 1. The van der Waals surface area contributed by atoms with Crippen LogP contribution in [-0.4, -0.2) is 67.4 Å². The Hall–Kier alpha value is -0.910. The van der Waals surface area contributed by atoms with Gasteiger partial charge in [0.2, 0.25) is 5.91 Å². The summed E-state index contributed by atoms with van der Waals surface area (Å²) in [5.41, 5.74) is 1.02. The summed E-state index contributed by atoms with van der Waals surface area (Å²) in [6.07, 6.45) is 1.71. The zero-order valence-electron chi connectivity index (χ0n) is 12.7. The highest BCUT2D eigenvalue weighted by Crippen LogP contribution is 2.31. The van der Waals surface area contributed by atoms with E-state index in [9.17, 15) is 4.79 Å². The molecule has 5 nitrogen and oxygen atoms in total. The van der Waals surface area contributed by atoms with Crippen molar-refractivity contribution >= 4 is 5.91 Å². The van der Waals surface area contributed by atoms with E-state index in [0.29, 0.717) is 26.3 Å². The monoisotopic (exact) mass is 282 g/mol. The lowest BCUT2D eigenvalue weighted by Crippen LogP contribution is -2.49. The molecule has 20 heavy (non-hydrogen) atoms.